The molecule has 0 bridgehead atoms. The Balaban J connectivity index is 1.83. The van der Waals surface area contributed by atoms with Gasteiger partial charge in [-0.1, -0.05) is 12.1 Å². The minimum Gasteiger partial charge on any atom is -0.452 e. The molecule has 1 fully saturated rings. The van der Waals surface area contributed by atoms with Gasteiger partial charge in [0.25, 0.3) is 11.6 Å². The first-order valence-electron chi connectivity index (χ1n) is 8.95. The molecule has 1 aromatic rings. The number of hydrogen-bond donors (Lipinski definition) is 1. The van der Waals surface area contributed by atoms with Crippen molar-refractivity contribution in [2.75, 3.05) is 26.3 Å². The maximum atomic E-state index is 12.2. The Labute approximate surface area is 161 Å². The third kappa shape index (κ3) is 5.41. The zero-order chi connectivity index (χ0) is 20.7. The van der Waals surface area contributed by atoms with Gasteiger partial charge in [0.05, 0.1) is 11.5 Å². The lowest BCUT2D eigenvalue weighted by Crippen LogP contribution is -2.47. The van der Waals surface area contributed by atoms with Gasteiger partial charge in [0.1, 0.15) is 5.56 Å². The molecule has 1 aliphatic heterocycles. The Morgan fingerprint density at radius 2 is 1.93 bits per heavy atom. The molecule has 1 saturated heterocycles. The van der Waals surface area contributed by atoms with E-state index in [1.54, 1.807) is 24.8 Å². The number of esters is 1. The summed E-state index contributed by atoms with van der Waals surface area (Å²) in [4.78, 5) is 47.9. The summed E-state index contributed by atoms with van der Waals surface area (Å²) in [5, 5.41) is 13.8. The van der Waals surface area contributed by atoms with Crippen LogP contribution >= 0.6 is 0 Å². The Hall–Kier alpha value is -3.17. The Morgan fingerprint density at radius 1 is 1.25 bits per heavy atom. The van der Waals surface area contributed by atoms with E-state index in [2.05, 4.69) is 5.32 Å². The molecule has 1 heterocycles. The molecule has 0 radical (unpaired) electrons. The molecule has 10 heteroatoms. The first-order valence-corrected chi connectivity index (χ1v) is 8.95. The average molecular weight is 393 g/mol. The van der Waals surface area contributed by atoms with Crippen LogP contribution in [0.4, 0.5) is 10.5 Å². The van der Waals surface area contributed by atoms with Gasteiger partial charge in [-0.3, -0.25) is 14.9 Å². The largest absolute Gasteiger partial charge is 0.452 e. The van der Waals surface area contributed by atoms with Crippen LogP contribution in [0.3, 0.4) is 0 Å². The van der Waals surface area contributed by atoms with Gasteiger partial charge in [0, 0.05) is 25.2 Å². The smallest absolute Gasteiger partial charge is 0.409 e. The second-order valence-electron chi connectivity index (χ2n) is 6.33. The summed E-state index contributed by atoms with van der Waals surface area (Å²) in [5.74, 6) is -1.42. The molecule has 0 spiro atoms. The summed E-state index contributed by atoms with van der Waals surface area (Å²) in [6.07, 6.45) is 0.741. The molecular formula is C18H23N3O7. The van der Waals surface area contributed by atoms with Crippen LogP contribution in [0.25, 0.3) is 0 Å². The highest BCUT2D eigenvalue weighted by molar-refractivity contribution is 5.96. The number of carbonyl (C=O) groups is 3. The minimum atomic E-state index is -0.919. The van der Waals surface area contributed by atoms with E-state index in [-0.39, 0.29) is 23.4 Å². The number of aryl methyl sites for hydroxylation is 1. The topological polar surface area (TPSA) is 128 Å². The lowest BCUT2D eigenvalue weighted by Gasteiger charge is -2.31. The SMILES string of the molecule is CCOC(=O)N1CCC(NC(=O)COC(=O)c2c(C)cccc2[N+](=O)[O-])CC1. The zero-order valence-electron chi connectivity index (χ0n) is 15.8. The molecule has 0 aromatic heterocycles. The van der Waals surface area contributed by atoms with Crippen molar-refractivity contribution in [2.45, 2.75) is 32.7 Å². The van der Waals surface area contributed by atoms with Crippen LogP contribution in [0.15, 0.2) is 18.2 Å². The summed E-state index contributed by atoms with van der Waals surface area (Å²) in [6.45, 7) is 3.97. The Kier molecular flexibility index (Phi) is 7.30. The van der Waals surface area contributed by atoms with E-state index in [0.29, 0.717) is 38.1 Å². The maximum Gasteiger partial charge on any atom is 0.409 e. The number of ether oxygens (including phenoxy) is 2. The number of nitro benzene ring substituents is 1. The number of nitro groups is 1. The van der Waals surface area contributed by atoms with E-state index in [1.807, 2.05) is 0 Å². The third-order valence-electron chi connectivity index (χ3n) is 4.37. The van der Waals surface area contributed by atoms with Crippen LogP contribution in [0.5, 0.6) is 0 Å². The zero-order valence-corrected chi connectivity index (χ0v) is 15.8. The first-order chi connectivity index (χ1) is 13.3. The van der Waals surface area contributed by atoms with Crippen LogP contribution in [0.1, 0.15) is 35.7 Å². The molecule has 10 nitrogen and oxygen atoms in total. The molecule has 0 atom stereocenters. The lowest BCUT2D eigenvalue weighted by molar-refractivity contribution is -0.385. The predicted molar refractivity (Wildman–Crippen MR) is 97.9 cm³/mol. The summed E-state index contributed by atoms with van der Waals surface area (Å²) in [5.41, 5.74) is -0.134. The van der Waals surface area contributed by atoms with Crippen molar-refractivity contribution in [3.05, 3.63) is 39.4 Å². The van der Waals surface area contributed by atoms with Crippen LogP contribution in [0.2, 0.25) is 0 Å². The summed E-state index contributed by atoms with van der Waals surface area (Å²) >= 11 is 0. The number of likely N-dealkylation sites (tertiary alicyclic amines) is 1. The van der Waals surface area contributed by atoms with Gasteiger partial charge >= 0.3 is 12.1 Å². The van der Waals surface area contributed by atoms with Gasteiger partial charge in [-0.25, -0.2) is 9.59 Å². The monoisotopic (exact) mass is 393 g/mol. The molecule has 1 N–H and O–H groups in total. The third-order valence-corrected chi connectivity index (χ3v) is 4.37. The molecule has 1 aliphatic rings. The highest BCUT2D eigenvalue weighted by atomic mass is 16.6. The Bertz CT molecular complexity index is 758. The van der Waals surface area contributed by atoms with E-state index < -0.39 is 23.4 Å². The Morgan fingerprint density at radius 3 is 2.54 bits per heavy atom. The van der Waals surface area contributed by atoms with Crippen LogP contribution in [0, 0.1) is 17.0 Å². The summed E-state index contributed by atoms with van der Waals surface area (Å²) in [7, 11) is 0. The molecule has 2 amide bonds. The average Bonchev–Trinajstić information content (AvgIpc) is 2.66. The number of nitrogens with zero attached hydrogens (tertiary/aromatic N) is 2. The molecular weight excluding hydrogens is 370 g/mol. The molecule has 1 aromatic carbocycles. The van der Waals surface area contributed by atoms with E-state index in [1.165, 1.54) is 12.1 Å². The molecule has 0 unspecified atom stereocenters. The van der Waals surface area contributed by atoms with Crippen molar-refractivity contribution in [1.29, 1.82) is 0 Å². The number of rotatable bonds is 6. The fourth-order valence-electron chi connectivity index (χ4n) is 2.96. The standard InChI is InChI=1S/C18H23N3O7/c1-3-27-18(24)20-9-7-13(8-10-20)19-15(22)11-28-17(23)16-12(2)5-4-6-14(16)21(25)26/h4-6,13H,3,7-11H2,1-2H3,(H,19,22). The summed E-state index contributed by atoms with van der Waals surface area (Å²) in [6, 6.07) is 4.09. The van der Waals surface area contributed by atoms with E-state index in [4.69, 9.17) is 9.47 Å². The van der Waals surface area contributed by atoms with Crippen molar-refractivity contribution in [3.8, 4) is 0 Å². The normalized spacial score (nSPS) is 14.3. The quantitative estimate of drug-likeness (QED) is 0.443. The molecule has 0 aliphatic carbocycles. The summed E-state index contributed by atoms with van der Waals surface area (Å²) < 4.78 is 9.89. The van der Waals surface area contributed by atoms with Crippen LogP contribution < -0.4 is 5.32 Å². The molecule has 0 saturated carbocycles. The van der Waals surface area contributed by atoms with Gasteiger partial charge in [-0.2, -0.15) is 0 Å². The number of piperidine rings is 1. The van der Waals surface area contributed by atoms with Gasteiger partial charge < -0.3 is 19.7 Å². The van der Waals surface area contributed by atoms with E-state index >= 15 is 0 Å². The van der Waals surface area contributed by atoms with Crippen molar-refractivity contribution < 1.29 is 28.8 Å². The number of benzene rings is 1. The fraction of sp³-hybridized carbons (Fsp3) is 0.500. The maximum absolute atomic E-state index is 12.2. The number of carbonyl (C=O) groups excluding carboxylic acids is 3. The van der Waals surface area contributed by atoms with Crippen LogP contribution in [-0.4, -0.2) is 60.1 Å². The second-order valence-corrected chi connectivity index (χ2v) is 6.33. The van der Waals surface area contributed by atoms with E-state index in [0.717, 1.165) is 0 Å². The highest BCUT2D eigenvalue weighted by Gasteiger charge is 2.26. The van der Waals surface area contributed by atoms with Gasteiger partial charge in [-0.15, -0.1) is 0 Å². The van der Waals surface area contributed by atoms with Crippen molar-refractivity contribution >= 4 is 23.7 Å². The van der Waals surface area contributed by atoms with Crippen molar-refractivity contribution in [3.63, 3.8) is 0 Å². The number of nitrogens with one attached hydrogen (secondary N) is 1. The van der Waals surface area contributed by atoms with Gasteiger partial charge in [0.15, 0.2) is 6.61 Å². The van der Waals surface area contributed by atoms with Crippen molar-refractivity contribution in [1.82, 2.24) is 10.2 Å². The second kappa shape index (κ2) is 9.67. The van der Waals surface area contributed by atoms with Gasteiger partial charge in [-0.05, 0) is 32.3 Å². The molecule has 2 rings (SSSR count). The first kappa shape index (κ1) is 21.1. The van der Waals surface area contributed by atoms with Crippen molar-refractivity contribution in [2.24, 2.45) is 0 Å². The number of hydrogen-bond acceptors (Lipinski definition) is 7. The van der Waals surface area contributed by atoms with Crippen LogP contribution in [-0.2, 0) is 14.3 Å². The fourth-order valence-corrected chi connectivity index (χ4v) is 2.96. The predicted octanol–water partition coefficient (Wildman–Crippen LogP) is 1.80. The highest BCUT2D eigenvalue weighted by Crippen LogP contribution is 2.22. The van der Waals surface area contributed by atoms with E-state index in [9.17, 15) is 24.5 Å². The minimum absolute atomic E-state index is 0.148. The number of amides is 2. The molecule has 152 valence electrons. The van der Waals surface area contributed by atoms with Gasteiger partial charge in [0.2, 0.25) is 0 Å². The lowest BCUT2D eigenvalue weighted by atomic mass is 10.1. The molecule has 28 heavy (non-hydrogen) atoms.